The Hall–Kier alpha value is -1.15. The summed E-state index contributed by atoms with van der Waals surface area (Å²) in [4.78, 5) is 14.6. The molecule has 0 aliphatic carbocycles. The van der Waals surface area contributed by atoms with Gasteiger partial charge in [0.25, 0.3) is 0 Å². The Kier molecular flexibility index (Phi) is 4.33. The molecule has 0 unspecified atom stereocenters. The zero-order chi connectivity index (χ0) is 14.9. The number of carboxylic acids is 1. The summed E-state index contributed by atoms with van der Waals surface area (Å²) in [6.07, 6.45) is 0. The van der Waals surface area contributed by atoms with Crippen LogP contribution in [0.25, 0.3) is 0 Å². The second kappa shape index (κ2) is 5.69. The van der Waals surface area contributed by atoms with Crippen molar-refractivity contribution in [1.29, 1.82) is 0 Å². The standard InChI is InChI=1S/C11H7Cl2NO4S2/c12-8-2-9(13)10(1-7(8)11(15)16)20(17,18)4-6-3-19-5-14-6/h1-3,5H,4H2,(H,15,16). The Morgan fingerprint density at radius 3 is 2.55 bits per heavy atom. The molecule has 0 saturated carbocycles. The third-order valence-electron chi connectivity index (χ3n) is 2.41. The highest BCUT2D eigenvalue weighted by atomic mass is 35.5. The summed E-state index contributed by atoms with van der Waals surface area (Å²) in [6.45, 7) is 0. The molecular formula is C11H7Cl2NO4S2. The average molecular weight is 352 g/mol. The van der Waals surface area contributed by atoms with E-state index >= 15 is 0 Å². The molecule has 0 aliphatic heterocycles. The predicted octanol–water partition coefficient (Wildman–Crippen LogP) is 3.12. The van der Waals surface area contributed by atoms with Gasteiger partial charge in [0, 0.05) is 5.38 Å². The van der Waals surface area contributed by atoms with Crippen LogP contribution in [0, 0.1) is 0 Å². The van der Waals surface area contributed by atoms with Crippen molar-refractivity contribution in [3.8, 4) is 0 Å². The van der Waals surface area contributed by atoms with Crippen molar-refractivity contribution in [2.75, 3.05) is 0 Å². The Morgan fingerprint density at radius 1 is 1.30 bits per heavy atom. The molecule has 1 aromatic carbocycles. The van der Waals surface area contributed by atoms with E-state index in [1.165, 1.54) is 16.8 Å². The fourth-order valence-corrected chi connectivity index (χ4v) is 4.35. The fourth-order valence-electron chi connectivity index (χ4n) is 1.51. The third kappa shape index (κ3) is 3.12. The van der Waals surface area contributed by atoms with Gasteiger partial charge in [-0.1, -0.05) is 23.2 Å². The number of thiazole rings is 1. The minimum Gasteiger partial charge on any atom is -0.478 e. The first kappa shape index (κ1) is 15.2. The lowest BCUT2D eigenvalue weighted by molar-refractivity contribution is 0.0697. The molecule has 0 fully saturated rings. The van der Waals surface area contributed by atoms with Crippen LogP contribution in [0.2, 0.25) is 10.0 Å². The molecule has 0 radical (unpaired) electrons. The van der Waals surface area contributed by atoms with Gasteiger partial charge in [-0.2, -0.15) is 0 Å². The number of aromatic nitrogens is 1. The van der Waals surface area contributed by atoms with Crippen molar-refractivity contribution in [3.05, 3.63) is 44.3 Å². The maximum absolute atomic E-state index is 12.3. The highest BCUT2D eigenvalue weighted by molar-refractivity contribution is 7.90. The lowest BCUT2D eigenvalue weighted by atomic mass is 10.2. The highest BCUT2D eigenvalue weighted by Crippen LogP contribution is 2.30. The number of hydrogen-bond donors (Lipinski definition) is 1. The molecule has 2 aromatic rings. The Morgan fingerprint density at radius 2 is 2.00 bits per heavy atom. The molecule has 106 valence electrons. The van der Waals surface area contributed by atoms with Crippen LogP contribution >= 0.6 is 34.5 Å². The van der Waals surface area contributed by atoms with E-state index in [1.807, 2.05) is 0 Å². The van der Waals surface area contributed by atoms with Gasteiger partial charge in [-0.3, -0.25) is 0 Å². The molecule has 0 amide bonds. The van der Waals surface area contributed by atoms with E-state index in [2.05, 4.69) is 4.98 Å². The van der Waals surface area contributed by atoms with Crippen molar-refractivity contribution < 1.29 is 18.3 Å². The summed E-state index contributed by atoms with van der Waals surface area (Å²) < 4.78 is 24.5. The van der Waals surface area contributed by atoms with Gasteiger partial charge in [0.2, 0.25) is 0 Å². The number of carbonyl (C=O) groups is 1. The number of aromatic carboxylic acids is 1. The highest BCUT2D eigenvalue weighted by Gasteiger charge is 2.23. The van der Waals surface area contributed by atoms with Crippen LogP contribution in [-0.2, 0) is 15.6 Å². The SMILES string of the molecule is O=C(O)c1cc(S(=O)(=O)Cc2cscn2)c(Cl)cc1Cl. The van der Waals surface area contributed by atoms with Crippen LogP contribution in [0.1, 0.15) is 16.1 Å². The fraction of sp³-hybridized carbons (Fsp3) is 0.0909. The monoisotopic (exact) mass is 351 g/mol. The van der Waals surface area contributed by atoms with Gasteiger partial charge >= 0.3 is 5.97 Å². The van der Waals surface area contributed by atoms with Crippen LogP contribution in [0.4, 0.5) is 0 Å². The van der Waals surface area contributed by atoms with Crippen LogP contribution in [-0.4, -0.2) is 24.5 Å². The molecule has 1 aromatic heterocycles. The normalized spacial score (nSPS) is 11.5. The van der Waals surface area contributed by atoms with E-state index in [0.717, 1.165) is 12.1 Å². The molecule has 9 heteroatoms. The zero-order valence-electron chi connectivity index (χ0n) is 9.71. The maximum Gasteiger partial charge on any atom is 0.337 e. The Labute approximate surface area is 128 Å². The first-order chi connectivity index (χ1) is 9.31. The number of rotatable bonds is 4. The average Bonchev–Trinajstić information content (AvgIpc) is 2.79. The first-order valence-corrected chi connectivity index (χ1v) is 8.48. The Balaban J connectivity index is 2.51. The molecule has 1 N–H and O–H groups in total. The van der Waals surface area contributed by atoms with Gasteiger partial charge in [-0.15, -0.1) is 11.3 Å². The smallest absolute Gasteiger partial charge is 0.337 e. The summed E-state index contributed by atoms with van der Waals surface area (Å²) in [5.74, 6) is -1.67. The van der Waals surface area contributed by atoms with Gasteiger partial charge in [-0.25, -0.2) is 18.2 Å². The first-order valence-electron chi connectivity index (χ1n) is 5.13. The van der Waals surface area contributed by atoms with E-state index in [1.54, 1.807) is 5.38 Å². The summed E-state index contributed by atoms with van der Waals surface area (Å²) in [6, 6.07) is 2.08. The van der Waals surface area contributed by atoms with Crippen LogP contribution in [0.15, 0.2) is 27.9 Å². The van der Waals surface area contributed by atoms with E-state index in [9.17, 15) is 13.2 Å². The van der Waals surface area contributed by atoms with Crippen molar-refractivity contribution in [2.24, 2.45) is 0 Å². The van der Waals surface area contributed by atoms with Crippen molar-refractivity contribution in [3.63, 3.8) is 0 Å². The molecule has 0 aliphatic rings. The Bertz CT molecular complexity index is 757. The molecule has 2 rings (SSSR count). The number of sulfone groups is 1. The van der Waals surface area contributed by atoms with E-state index in [-0.39, 0.29) is 26.3 Å². The van der Waals surface area contributed by atoms with Crippen LogP contribution in [0.3, 0.4) is 0 Å². The van der Waals surface area contributed by atoms with Crippen LogP contribution < -0.4 is 0 Å². The van der Waals surface area contributed by atoms with Gasteiger partial charge in [0.1, 0.15) is 0 Å². The molecule has 0 atom stereocenters. The lowest BCUT2D eigenvalue weighted by Gasteiger charge is -2.08. The van der Waals surface area contributed by atoms with Crippen molar-refractivity contribution >= 4 is 50.3 Å². The summed E-state index contributed by atoms with van der Waals surface area (Å²) >= 11 is 12.8. The molecular weight excluding hydrogens is 345 g/mol. The van der Waals surface area contributed by atoms with E-state index in [0.29, 0.717) is 5.69 Å². The predicted molar refractivity (Wildman–Crippen MR) is 76.4 cm³/mol. The lowest BCUT2D eigenvalue weighted by Crippen LogP contribution is -2.08. The van der Waals surface area contributed by atoms with E-state index < -0.39 is 15.8 Å². The third-order valence-corrected chi connectivity index (χ3v) is 5.46. The minimum absolute atomic E-state index is 0.116. The summed E-state index contributed by atoms with van der Waals surface area (Å²) in [7, 11) is -3.80. The van der Waals surface area contributed by atoms with Gasteiger partial charge in [0.05, 0.1) is 37.5 Å². The number of nitrogens with zero attached hydrogens (tertiary/aromatic N) is 1. The van der Waals surface area contributed by atoms with Crippen molar-refractivity contribution in [2.45, 2.75) is 10.6 Å². The number of benzene rings is 1. The molecule has 0 spiro atoms. The molecule has 0 bridgehead atoms. The van der Waals surface area contributed by atoms with Gasteiger partial charge < -0.3 is 5.11 Å². The summed E-state index contributed by atoms with van der Waals surface area (Å²) in [5, 5.41) is 10.3. The second-order valence-corrected chi connectivity index (χ2v) is 7.30. The second-order valence-electron chi connectivity index (χ2n) is 3.81. The maximum atomic E-state index is 12.3. The van der Waals surface area contributed by atoms with E-state index in [4.69, 9.17) is 28.3 Å². The zero-order valence-corrected chi connectivity index (χ0v) is 12.9. The van der Waals surface area contributed by atoms with Crippen molar-refractivity contribution in [1.82, 2.24) is 4.98 Å². The minimum atomic E-state index is -3.80. The van der Waals surface area contributed by atoms with Gasteiger partial charge in [-0.05, 0) is 12.1 Å². The number of hydrogen-bond acceptors (Lipinski definition) is 5. The molecule has 0 saturated heterocycles. The number of halogens is 2. The number of carboxylic acid groups (broad SMARTS) is 1. The molecule has 1 heterocycles. The van der Waals surface area contributed by atoms with Crippen LogP contribution in [0.5, 0.6) is 0 Å². The largest absolute Gasteiger partial charge is 0.478 e. The topological polar surface area (TPSA) is 84.3 Å². The quantitative estimate of drug-likeness (QED) is 0.914. The molecule has 20 heavy (non-hydrogen) atoms. The molecule has 5 nitrogen and oxygen atoms in total. The summed E-state index contributed by atoms with van der Waals surface area (Å²) in [5.41, 5.74) is 1.57. The van der Waals surface area contributed by atoms with Gasteiger partial charge in [0.15, 0.2) is 9.84 Å².